The van der Waals surface area contributed by atoms with Crippen LogP contribution in [0.2, 0.25) is 0 Å². The number of nitrogens with zero attached hydrogens (tertiary/aromatic N) is 2. The Morgan fingerprint density at radius 2 is 1.96 bits per heavy atom. The molecule has 9 heteroatoms. The first kappa shape index (κ1) is 20.1. The number of amides is 2. The molecule has 3 aliphatic rings. The maximum Gasteiger partial charge on any atom is 0.433 e. The number of hydrogen-bond donors (Lipinski definition) is 1. The molecule has 1 saturated heterocycles. The third kappa shape index (κ3) is 4.12. The van der Waals surface area contributed by atoms with Crippen molar-refractivity contribution in [1.29, 1.82) is 0 Å². The molecule has 5 atom stereocenters. The van der Waals surface area contributed by atoms with Crippen LogP contribution in [0.4, 0.5) is 18.0 Å². The summed E-state index contributed by atoms with van der Waals surface area (Å²) in [7, 11) is 0. The van der Waals surface area contributed by atoms with E-state index in [1.165, 1.54) is 11.1 Å². The van der Waals surface area contributed by atoms with Gasteiger partial charge in [-0.3, -0.25) is 4.79 Å². The second-order valence-electron chi connectivity index (χ2n) is 9.02. The summed E-state index contributed by atoms with van der Waals surface area (Å²) in [5.74, 6) is -1.10. The molecule has 1 N–H and O–H groups in total. The fraction of sp³-hybridized carbons (Fsp3) is 0.833. The molecule has 2 saturated carbocycles. The van der Waals surface area contributed by atoms with Crippen molar-refractivity contribution in [2.45, 2.75) is 70.4 Å². The van der Waals surface area contributed by atoms with E-state index in [1.54, 1.807) is 20.8 Å². The molecular formula is C18H25F3N2O4. The lowest BCUT2D eigenvalue weighted by Gasteiger charge is -2.43. The largest absolute Gasteiger partial charge is 0.442 e. The summed E-state index contributed by atoms with van der Waals surface area (Å²) in [6.45, 7) is 5.34. The smallest absolute Gasteiger partial charge is 0.433 e. The van der Waals surface area contributed by atoms with Crippen LogP contribution in [-0.2, 0) is 9.53 Å². The number of carbonyl (C=O) groups is 2. The van der Waals surface area contributed by atoms with Crippen LogP contribution in [0, 0.1) is 17.3 Å². The first-order valence-electron chi connectivity index (χ1n) is 9.12. The molecule has 3 bridgehead atoms. The summed E-state index contributed by atoms with van der Waals surface area (Å²) < 4.78 is 43.1. The number of halogens is 3. The second kappa shape index (κ2) is 6.46. The van der Waals surface area contributed by atoms with Gasteiger partial charge >= 0.3 is 12.3 Å². The third-order valence-corrected chi connectivity index (χ3v) is 5.65. The minimum absolute atomic E-state index is 0.0144. The van der Waals surface area contributed by atoms with Gasteiger partial charge in [0.05, 0.1) is 12.1 Å². The number of likely N-dealkylation sites (tertiary alicyclic amines) is 1. The Hall–Kier alpha value is -1.64. The number of rotatable bonds is 2. The average molecular weight is 390 g/mol. The van der Waals surface area contributed by atoms with Gasteiger partial charge in [0, 0.05) is 18.2 Å². The van der Waals surface area contributed by atoms with Gasteiger partial charge in [0.1, 0.15) is 12.0 Å². The van der Waals surface area contributed by atoms with Crippen LogP contribution >= 0.6 is 0 Å². The molecule has 0 radical (unpaired) electrons. The maximum absolute atomic E-state index is 12.6. The van der Waals surface area contributed by atoms with Crippen molar-refractivity contribution in [1.82, 2.24) is 4.90 Å². The highest BCUT2D eigenvalue weighted by Gasteiger charge is 2.62. The number of aliphatic hydroxyl groups is 1. The van der Waals surface area contributed by atoms with E-state index in [2.05, 4.69) is 4.99 Å². The molecular weight excluding hydrogens is 365 g/mol. The van der Waals surface area contributed by atoms with Gasteiger partial charge in [-0.2, -0.15) is 18.2 Å². The Morgan fingerprint density at radius 1 is 1.30 bits per heavy atom. The molecule has 3 fully saturated rings. The predicted molar refractivity (Wildman–Crippen MR) is 90.2 cm³/mol. The van der Waals surface area contributed by atoms with Crippen LogP contribution in [0.3, 0.4) is 0 Å². The van der Waals surface area contributed by atoms with Gasteiger partial charge in [-0.1, -0.05) is 0 Å². The van der Waals surface area contributed by atoms with Crippen LogP contribution in [-0.4, -0.2) is 58.7 Å². The lowest BCUT2D eigenvalue weighted by atomic mass is 9.70. The summed E-state index contributed by atoms with van der Waals surface area (Å²) in [6.07, 6.45) is -4.75. The van der Waals surface area contributed by atoms with Crippen molar-refractivity contribution in [3.63, 3.8) is 0 Å². The molecule has 0 aromatic carbocycles. The first-order chi connectivity index (χ1) is 12.3. The van der Waals surface area contributed by atoms with Gasteiger partial charge in [-0.25, -0.2) is 4.79 Å². The van der Waals surface area contributed by atoms with Crippen LogP contribution in [0.25, 0.3) is 0 Å². The lowest BCUT2D eigenvalue weighted by molar-refractivity contribution is -0.167. The van der Waals surface area contributed by atoms with Gasteiger partial charge < -0.3 is 14.7 Å². The molecule has 3 rings (SSSR count). The third-order valence-electron chi connectivity index (χ3n) is 5.65. The van der Waals surface area contributed by atoms with E-state index in [4.69, 9.17) is 4.74 Å². The van der Waals surface area contributed by atoms with Crippen molar-refractivity contribution in [2.75, 3.05) is 6.54 Å². The molecule has 0 aromatic heterocycles. The Labute approximate surface area is 155 Å². The SMILES string of the molecule is CC(C)(C)OC(=O)N=CC12CC3C[C@@H](C1)C([C@H]2O)N(C(=O)CC(F)(F)F)C3. The summed E-state index contributed by atoms with van der Waals surface area (Å²) in [4.78, 5) is 29.1. The molecule has 6 nitrogen and oxygen atoms in total. The van der Waals surface area contributed by atoms with E-state index in [1.807, 2.05) is 0 Å². The number of ether oxygens (including phenoxy) is 1. The standard InChI is InChI=1S/C18H25F3N2O4/c1-16(2,3)27-15(26)22-9-17-5-10-4-11(6-17)13(14(17)25)23(8-10)12(24)7-18(19,20)21/h9-11,13-14,25H,4-8H2,1-3H3/t10?,11-,13?,14+,17?/m0/s1. The minimum atomic E-state index is -4.58. The fourth-order valence-electron chi connectivity index (χ4n) is 4.96. The van der Waals surface area contributed by atoms with Crippen LogP contribution < -0.4 is 0 Å². The highest BCUT2D eigenvalue weighted by molar-refractivity contribution is 5.84. The number of piperidine rings is 1. The monoisotopic (exact) mass is 390 g/mol. The Kier molecular flexibility index (Phi) is 4.81. The highest BCUT2D eigenvalue weighted by atomic mass is 19.4. The van der Waals surface area contributed by atoms with E-state index < -0.39 is 47.8 Å². The fourth-order valence-corrected chi connectivity index (χ4v) is 4.96. The minimum Gasteiger partial charge on any atom is -0.442 e. The van der Waals surface area contributed by atoms with Crippen molar-refractivity contribution >= 4 is 18.2 Å². The molecule has 3 unspecified atom stereocenters. The van der Waals surface area contributed by atoms with E-state index >= 15 is 0 Å². The summed E-state index contributed by atoms with van der Waals surface area (Å²) >= 11 is 0. The Balaban J connectivity index is 1.78. The molecule has 27 heavy (non-hydrogen) atoms. The normalized spacial score (nSPS) is 35.7. The highest BCUT2D eigenvalue weighted by Crippen LogP contribution is 2.57. The molecule has 1 heterocycles. The number of hydrogen-bond acceptors (Lipinski definition) is 4. The summed E-state index contributed by atoms with van der Waals surface area (Å²) in [5.41, 5.74) is -1.50. The predicted octanol–water partition coefficient (Wildman–Crippen LogP) is 2.93. The summed E-state index contributed by atoms with van der Waals surface area (Å²) in [5, 5.41) is 10.9. The molecule has 2 amide bonds. The molecule has 0 aromatic rings. The zero-order valence-electron chi connectivity index (χ0n) is 15.6. The van der Waals surface area contributed by atoms with E-state index in [0.717, 1.165) is 6.42 Å². The number of alkyl halides is 3. The number of carbonyl (C=O) groups excluding carboxylic acids is 2. The van der Waals surface area contributed by atoms with Crippen molar-refractivity contribution in [2.24, 2.45) is 22.2 Å². The van der Waals surface area contributed by atoms with Gasteiger partial charge in [0.2, 0.25) is 5.91 Å². The van der Waals surface area contributed by atoms with Gasteiger partial charge in [-0.15, -0.1) is 0 Å². The molecule has 1 aliphatic heterocycles. The van der Waals surface area contributed by atoms with Crippen LogP contribution in [0.15, 0.2) is 4.99 Å². The molecule has 0 spiro atoms. The van der Waals surface area contributed by atoms with E-state index in [0.29, 0.717) is 12.8 Å². The Morgan fingerprint density at radius 3 is 2.56 bits per heavy atom. The maximum atomic E-state index is 12.6. The number of aliphatic imine (C=N–C) groups is 1. The average Bonchev–Trinajstić information content (AvgIpc) is 2.61. The zero-order chi connectivity index (χ0) is 20.2. The van der Waals surface area contributed by atoms with Crippen molar-refractivity contribution in [3.8, 4) is 0 Å². The van der Waals surface area contributed by atoms with Gasteiger partial charge in [-0.05, 0) is 51.9 Å². The van der Waals surface area contributed by atoms with E-state index in [-0.39, 0.29) is 18.4 Å². The van der Waals surface area contributed by atoms with E-state index in [9.17, 15) is 27.9 Å². The number of aliphatic hydroxyl groups excluding tert-OH is 1. The van der Waals surface area contributed by atoms with Gasteiger partial charge in [0.15, 0.2) is 0 Å². The summed E-state index contributed by atoms with van der Waals surface area (Å²) in [6, 6.07) is -0.663. The Bertz CT molecular complexity index is 658. The van der Waals surface area contributed by atoms with Crippen LogP contribution in [0.5, 0.6) is 0 Å². The zero-order valence-corrected chi connectivity index (χ0v) is 15.6. The van der Waals surface area contributed by atoms with Crippen LogP contribution in [0.1, 0.15) is 46.5 Å². The first-order valence-corrected chi connectivity index (χ1v) is 9.12. The second-order valence-corrected chi connectivity index (χ2v) is 9.02. The number of fused-ring (bicyclic) bond motifs is 2. The quantitative estimate of drug-likeness (QED) is 0.736. The van der Waals surface area contributed by atoms with Crippen molar-refractivity contribution in [3.05, 3.63) is 0 Å². The molecule has 2 aliphatic carbocycles. The topological polar surface area (TPSA) is 79.2 Å². The lowest BCUT2D eigenvalue weighted by Crippen LogP contribution is -2.53. The molecule has 152 valence electrons. The van der Waals surface area contributed by atoms with Gasteiger partial charge in [0.25, 0.3) is 0 Å². The van der Waals surface area contributed by atoms with Crippen molar-refractivity contribution < 1.29 is 32.6 Å².